The van der Waals surface area contributed by atoms with Gasteiger partial charge in [-0.25, -0.2) is 14.4 Å². The molecule has 6 aromatic carbocycles. The topological polar surface area (TPSA) is 228 Å². The van der Waals surface area contributed by atoms with Gasteiger partial charge in [0, 0.05) is 53.1 Å². The number of rotatable bonds is 15. The second-order valence-electron chi connectivity index (χ2n) is 19.5. The fourth-order valence-electron chi connectivity index (χ4n) is 8.81. The number of benzene rings is 6. The standard InChI is InChI=1S/3C21H21NO5/c3*1-13(2)27-20(24)11-18-17-9-6-15(23)10-19(17)22(21(18)25)12-14-4-7-16(26-3)8-5-14/h3*4-11,13,23H,12H2,1-3H3/b3*18-11+. The van der Waals surface area contributed by atoms with Crippen molar-refractivity contribution in [3.63, 3.8) is 0 Å². The number of nitrogens with zero attached hydrogens (tertiary/aromatic N) is 3. The Kier molecular flexibility index (Phi) is 19.0. The van der Waals surface area contributed by atoms with E-state index in [1.165, 1.54) is 69.3 Å². The van der Waals surface area contributed by atoms with Crippen LogP contribution in [0.2, 0.25) is 0 Å². The number of phenolic OH excluding ortho intramolecular Hbond substituents is 3. The van der Waals surface area contributed by atoms with Crippen molar-refractivity contribution in [1.82, 2.24) is 0 Å². The zero-order chi connectivity index (χ0) is 58.7. The van der Waals surface area contributed by atoms with Crippen molar-refractivity contribution in [2.45, 2.75) is 79.5 Å². The molecule has 3 aliphatic heterocycles. The molecule has 81 heavy (non-hydrogen) atoms. The van der Waals surface area contributed by atoms with Crippen LogP contribution >= 0.6 is 0 Å². The van der Waals surface area contributed by atoms with Gasteiger partial charge in [0.25, 0.3) is 17.7 Å². The van der Waals surface area contributed by atoms with Gasteiger partial charge in [-0.15, -0.1) is 0 Å². The summed E-state index contributed by atoms with van der Waals surface area (Å²) >= 11 is 0. The Morgan fingerprint density at radius 1 is 0.395 bits per heavy atom. The number of fused-ring (bicyclic) bond motifs is 3. The van der Waals surface area contributed by atoms with Crippen molar-refractivity contribution in [1.29, 1.82) is 0 Å². The van der Waals surface area contributed by atoms with Crippen LogP contribution in [0.15, 0.2) is 146 Å². The quantitative estimate of drug-likeness (QED) is 0.0494. The lowest BCUT2D eigenvalue weighted by molar-refractivity contribution is -0.142. The molecule has 0 spiro atoms. The number of amides is 3. The van der Waals surface area contributed by atoms with Crippen LogP contribution in [0.1, 0.15) is 74.9 Å². The number of anilines is 3. The van der Waals surface area contributed by atoms with Crippen LogP contribution in [0, 0.1) is 0 Å². The number of methoxy groups -OCH3 is 3. The van der Waals surface area contributed by atoms with Gasteiger partial charge in [-0.3, -0.25) is 14.4 Å². The highest BCUT2D eigenvalue weighted by molar-refractivity contribution is 6.36. The molecule has 0 fully saturated rings. The van der Waals surface area contributed by atoms with Gasteiger partial charge in [0.15, 0.2) is 0 Å². The summed E-state index contributed by atoms with van der Waals surface area (Å²) in [5.41, 5.74) is 6.88. The third kappa shape index (κ3) is 14.7. The molecule has 9 rings (SSSR count). The minimum atomic E-state index is -0.571. The number of aromatic hydroxyl groups is 3. The minimum Gasteiger partial charge on any atom is -0.508 e. The maximum Gasteiger partial charge on any atom is 0.331 e. The first-order chi connectivity index (χ1) is 38.7. The van der Waals surface area contributed by atoms with Crippen LogP contribution in [-0.2, 0) is 62.6 Å². The third-order valence-electron chi connectivity index (χ3n) is 12.5. The molecule has 3 amide bonds. The van der Waals surface area contributed by atoms with E-state index in [4.69, 9.17) is 28.4 Å². The van der Waals surface area contributed by atoms with Gasteiger partial charge in [-0.05, 0) is 131 Å². The maximum absolute atomic E-state index is 13.0. The van der Waals surface area contributed by atoms with Gasteiger partial charge >= 0.3 is 17.9 Å². The SMILES string of the molecule is COc1ccc(CN2C(=O)/C(=C/C(=O)OC(C)C)c3ccc(O)cc32)cc1.COc1ccc(CN2C(=O)/C(=C/C(=O)OC(C)C)c3ccc(O)cc32)cc1.COc1ccc(CN2C(=O)/C(=C/C(=O)OC(C)C)c3ccc(O)cc32)cc1. The van der Waals surface area contributed by atoms with Crippen molar-refractivity contribution in [2.24, 2.45) is 0 Å². The highest BCUT2D eigenvalue weighted by Crippen LogP contribution is 2.43. The van der Waals surface area contributed by atoms with E-state index in [9.17, 15) is 44.1 Å². The molecule has 0 unspecified atom stereocenters. The second kappa shape index (κ2) is 26.2. The van der Waals surface area contributed by atoms with Gasteiger partial charge < -0.3 is 58.4 Å². The first kappa shape index (κ1) is 58.8. The molecule has 3 N–H and O–H groups in total. The van der Waals surface area contributed by atoms with Crippen molar-refractivity contribution >= 4 is 69.4 Å². The van der Waals surface area contributed by atoms with E-state index < -0.39 is 17.9 Å². The maximum atomic E-state index is 13.0. The van der Waals surface area contributed by atoms with Gasteiger partial charge in [-0.1, -0.05) is 36.4 Å². The van der Waals surface area contributed by atoms with E-state index in [-0.39, 0.29) is 70.0 Å². The molecular weight excluding hydrogens is 1040 g/mol. The monoisotopic (exact) mass is 1100 g/mol. The molecule has 0 radical (unpaired) electrons. The average molecular weight is 1100 g/mol. The Hall–Kier alpha value is -9.84. The van der Waals surface area contributed by atoms with E-state index in [0.717, 1.165) is 33.9 Å². The summed E-state index contributed by atoms with van der Waals surface area (Å²) in [6.45, 7) is 11.4. The molecule has 3 aliphatic rings. The normalized spacial score (nSPS) is 14.6. The van der Waals surface area contributed by atoms with Crippen molar-refractivity contribution in [3.05, 3.63) is 179 Å². The van der Waals surface area contributed by atoms with Crippen LogP contribution in [-0.4, -0.2) is 90.6 Å². The molecular formula is C63H63N3O15. The Bertz CT molecular complexity index is 3060. The first-order valence-electron chi connectivity index (χ1n) is 25.8. The Balaban J connectivity index is 0.000000175. The Morgan fingerprint density at radius 3 is 0.840 bits per heavy atom. The molecule has 6 aromatic rings. The van der Waals surface area contributed by atoms with Crippen LogP contribution < -0.4 is 28.9 Å². The third-order valence-corrected chi connectivity index (χ3v) is 12.5. The van der Waals surface area contributed by atoms with Gasteiger partial charge in [0.1, 0.15) is 34.5 Å². The fourth-order valence-corrected chi connectivity index (χ4v) is 8.81. The van der Waals surface area contributed by atoms with Crippen LogP contribution in [0.25, 0.3) is 16.7 Å². The van der Waals surface area contributed by atoms with Crippen LogP contribution in [0.4, 0.5) is 17.1 Å². The van der Waals surface area contributed by atoms with Crippen LogP contribution in [0.5, 0.6) is 34.5 Å². The molecule has 0 saturated carbocycles. The van der Waals surface area contributed by atoms with E-state index in [2.05, 4.69) is 0 Å². The lowest BCUT2D eigenvalue weighted by Gasteiger charge is -2.17. The summed E-state index contributed by atoms with van der Waals surface area (Å²) in [6, 6.07) is 36.0. The first-order valence-corrected chi connectivity index (χ1v) is 25.8. The number of phenols is 3. The number of carbonyl (C=O) groups is 6. The molecule has 0 aromatic heterocycles. The van der Waals surface area contributed by atoms with Gasteiger partial charge in [0.2, 0.25) is 0 Å². The number of carbonyl (C=O) groups excluding carboxylic acids is 6. The molecule has 18 nitrogen and oxygen atoms in total. The zero-order valence-electron chi connectivity index (χ0n) is 46.3. The fraction of sp³-hybridized carbons (Fsp3) is 0.238. The van der Waals surface area contributed by atoms with Crippen molar-refractivity contribution in [2.75, 3.05) is 36.0 Å². The summed E-state index contributed by atoms with van der Waals surface area (Å²) in [4.78, 5) is 79.6. The highest BCUT2D eigenvalue weighted by atomic mass is 16.5. The van der Waals surface area contributed by atoms with E-state index in [1.54, 1.807) is 81.1 Å². The predicted octanol–water partition coefficient (Wildman–Crippen LogP) is 9.85. The van der Waals surface area contributed by atoms with Crippen molar-refractivity contribution in [3.8, 4) is 34.5 Å². The number of esters is 3. The highest BCUT2D eigenvalue weighted by Gasteiger charge is 2.36. The number of hydrogen-bond acceptors (Lipinski definition) is 15. The molecule has 0 aliphatic carbocycles. The number of ether oxygens (including phenoxy) is 6. The predicted molar refractivity (Wildman–Crippen MR) is 304 cm³/mol. The summed E-state index contributed by atoms with van der Waals surface area (Å²) < 4.78 is 30.8. The molecule has 18 heteroatoms. The Morgan fingerprint density at radius 2 is 0.630 bits per heavy atom. The van der Waals surface area contributed by atoms with E-state index in [0.29, 0.717) is 53.4 Å². The lowest BCUT2D eigenvalue weighted by Crippen LogP contribution is -2.26. The lowest BCUT2D eigenvalue weighted by atomic mass is 10.1. The summed E-state index contributed by atoms with van der Waals surface area (Å²) in [5.74, 6) is -0.334. The second-order valence-corrected chi connectivity index (χ2v) is 19.5. The summed E-state index contributed by atoms with van der Waals surface area (Å²) in [5, 5.41) is 29.6. The van der Waals surface area contributed by atoms with Gasteiger partial charge in [0.05, 0.1) is 93.1 Å². The zero-order valence-corrected chi connectivity index (χ0v) is 46.3. The molecule has 420 valence electrons. The Labute approximate surface area is 469 Å². The van der Waals surface area contributed by atoms with E-state index >= 15 is 0 Å². The molecule has 0 saturated heterocycles. The largest absolute Gasteiger partial charge is 0.508 e. The van der Waals surface area contributed by atoms with Crippen LogP contribution in [0.3, 0.4) is 0 Å². The van der Waals surface area contributed by atoms with Gasteiger partial charge in [-0.2, -0.15) is 0 Å². The van der Waals surface area contributed by atoms with E-state index in [1.807, 2.05) is 72.8 Å². The molecule has 3 heterocycles. The molecule has 0 atom stereocenters. The van der Waals surface area contributed by atoms with Crippen molar-refractivity contribution < 1.29 is 72.5 Å². The minimum absolute atomic E-state index is 0.0484. The summed E-state index contributed by atoms with van der Waals surface area (Å²) in [6.07, 6.45) is 2.81. The molecule has 0 bridgehead atoms. The smallest absolute Gasteiger partial charge is 0.331 e. The number of hydrogen-bond donors (Lipinski definition) is 3. The average Bonchev–Trinajstić information content (AvgIpc) is 4.00. The summed E-state index contributed by atoms with van der Waals surface area (Å²) in [7, 11) is 4.77.